The van der Waals surface area contributed by atoms with E-state index in [4.69, 9.17) is 0 Å². The van der Waals surface area contributed by atoms with Gasteiger partial charge < -0.3 is 9.88 Å². The molecule has 0 fully saturated rings. The summed E-state index contributed by atoms with van der Waals surface area (Å²) in [6.07, 6.45) is 1.73. The summed E-state index contributed by atoms with van der Waals surface area (Å²) in [4.78, 5) is 25.8. The first-order chi connectivity index (χ1) is 16.3. The number of hydrogen-bond donors (Lipinski definition) is 1. The van der Waals surface area contributed by atoms with Crippen LogP contribution in [0.2, 0.25) is 0 Å². The fraction of sp³-hybridized carbons (Fsp3) is 0.364. The molecule has 0 saturated heterocycles. The molecule has 35 heavy (non-hydrogen) atoms. The third-order valence-electron chi connectivity index (χ3n) is 5.34. The average Bonchev–Trinajstić information content (AvgIpc) is 3.52. The minimum Gasteiger partial charge on any atom is -0.306 e. The van der Waals surface area contributed by atoms with Crippen LogP contribution in [0.4, 0.5) is 19.0 Å². The molecule has 0 aliphatic rings. The van der Waals surface area contributed by atoms with Gasteiger partial charge >= 0.3 is 6.18 Å². The van der Waals surface area contributed by atoms with Crippen molar-refractivity contribution in [3.63, 3.8) is 0 Å². The lowest BCUT2D eigenvalue weighted by atomic mass is 9.93. The highest BCUT2D eigenvalue weighted by atomic mass is 32.1. The Labute approximate surface area is 203 Å². The highest BCUT2D eigenvalue weighted by Gasteiger charge is 2.39. The lowest BCUT2D eigenvalue weighted by Crippen LogP contribution is -2.23. The predicted molar refractivity (Wildman–Crippen MR) is 125 cm³/mol. The Kier molecular flexibility index (Phi) is 6.21. The molecule has 1 N–H and O–H groups in total. The highest BCUT2D eigenvalue weighted by Crippen LogP contribution is 2.34. The Morgan fingerprint density at radius 1 is 1.17 bits per heavy atom. The van der Waals surface area contributed by atoms with Crippen molar-refractivity contribution < 1.29 is 18.0 Å². The molecular formula is C22H23F3N8OS. The van der Waals surface area contributed by atoms with Crippen LogP contribution < -0.4 is 5.32 Å². The van der Waals surface area contributed by atoms with Crippen LogP contribution in [0.5, 0.6) is 0 Å². The van der Waals surface area contributed by atoms with Crippen LogP contribution in [-0.4, -0.2) is 46.4 Å². The van der Waals surface area contributed by atoms with Crippen LogP contribution in [0.15, 0.2) is 36.5 Å². The van der Waals surface area contributed by atoms with E-state index in [9.17, 15) is 18.0 Å². The van der Waals surface area contributed by atoms with Gasteiger partial charge in [-0.3, -0.25) is 14.3 Å². The predicted octanol–water partition coefficient (Wildman–Crippen LogP) is 4.96. The number of hydrogen-bond acceptors (Lipinski definition) is 7. The molecule has 4 heterocycles. The maximum absolute atomic E-state index is 13.2. The monoisotopic (exact) mass is 504 g/mol. The summed E-state index contributed by atoms with van der Waals surface area (Å²) in [7, 11) is 0. The van der Waals surface area contributed by atoms with E-state index in [1.807, 2.05) is 17.7 Å². The van der Waals surface area contributed by atoms with E-state index in [-0.39, 0.29) is 27.8 Å². The Balaban J connectivity index is 1.55. The van der Waals surface area contributed by atoms with Crippen LogP contribution in [-0.2, 0) is 5.41 Å². The fourth-order valence-electron chi connectivity index (χ4n) is 3.21. The van der Waals surface area contributed by atoms with Crippen molar-refractivity contribution in [3.05, 3.63) is 53.4 Å². The summed E-state index contributed by atoms with van der Waals surface area (Å²) >= 11 is 1.04. The number of aromatic nitrogens is 7. The number of aryl methyl sites for hydroxylation is 1. The zero-order chi connectivity index (χ0) is 25.5. The lowest BCUT2D eigenvalue weighted by Gasteiger charge is -2.17. The lowest BCUT2D eigenvalue weighted by molar-refractivity contribution is -0.162. The molecule has 0 aliphatic heterocycles. The summed E-state index contributed by atoms with van der Waals surface area (Å²) in [6, 6.07) is -0.181. The summed E-state index contributed by atoms with van der Waals surface area (Å²) in [5, 5.41) is 11.7. The molecule has 4 aromatic heterocycles. The topological polar surface area (TPSA) is 103 Å². The number of alkyl halides is 3. The van der Waals surface area contributed by atoms with Gasteiger partial charge in [0.2, 0.25) is 0 Å². The second kappa shape index (κ2) is 8.87. The van der Waals surface area contributed by atoms with Gasteiger partial charge in [0.05, 0.1) is 17.7 Å². The van der Waals surface area contributed by atoms with Crippen LogP contribution in [0.25, 0.3) is 16.5 Å². The second-order valence-electron chi connectivity index (χ2n) is 9.04. The van der Waals surface area contributed by atoms with Crippen molar-refractivity contribution in [1.29, 1.82) is 0 Å². The molecule has 0 saturated carbocycles. The van der Waals surface area contributed by atoms with Crippen LogP contribution in [0.1, 0.15) is 55.5 Å². The molecule has 0 bridgehead atoms. The number of carbonyl (C=O) groups is 1. The summed E-state index contributed by atoms with van der Waals surface area (Å²) in [6.45, 7) is 9.07. The Hall–Kier alpha value is -3.61. The van der Waals surface area contributed by atoms with Crippen LogP contribution in [0, 0.1) is 6.92 Å². The first-order valence-corrected chi connectivity index (χ1v) is 11.5. The van der Waals surface area contributed by atoms with Gasteiger partial charge in [-0.05, 0) is 25.5 Å². The number of nitrogens with zero attached hydrogens (tertiary/aromatic N) is 7. The van der Waals surface area contributed by atoms with Crippen LogP contribution in [0.3, 0.4) is 0 Å². The van der Waals surface area contributed by atoms with Gasteiger partial charge in [0, 0.05) is 23.2 Å². The van der Waals surface area contributed by atoms with Crippen molar-refractivity contribution in [2.45, 2.75) is 52.3 Å². The number of anilines is 1. The molecule has 0 aromatic carbocycles. The summed E-state index contributed by atoms with van der Waals surface area (Å²) < 4.78 is 42.2. The normalized spacial score (nSPS) is 13.1. The third kappa shape index (κ3) is 5.09. The maximum atomic E-state index is 13.2. The first kappa shape index (κ1) is 24.5. The number of pyridine rings is 1. The van der Waals surface area contributed by atoms with Gasteiger partial charge in [-0.2, -0.15) is 13.2 Å². The Morgan fingerprint density at radius 2 is 1.91 bits per heavy atom. The number of nitrogens with one attached hydrogen (secondary N) is 1. The largest absolute Gasteiger partial charge is 0.408 e. The molecular weight excluding hydrogens is 481 g/mol. The maximum Gasteiger partial charge on any atom is 0.408 e. The smallest absolute Gasteiger partial charge is 0.306 e. The zero-order valence-electron chi connectivity index (χ0n) is 19.6. The molecule has 0 radical (unpaired) electrons. The van der Waals surface area contributed by atoms with Gasteiger partial charge in [-0.1, -0.05) is 20.8 Å². The number of amides is 1. The van der Waals surface area contributed by atoms with Crippen molar-refractivity contribution in [3.8, 4) is 16.5 Å². The molecule has 184 valence electrons. The Morgan fingerprint density at radius 3 is 2.57 bits per heavy atom. The fourth-order valence-corrected chi connectivity index (χ4v) is 3.95. The van der Waals surface area contributed by atoms with Gasteiger partial charge in [0.15, 0.2) is 10.8 Å². The van der Waals surface area contributed by atoms with E-state index < -0.39 is 18.1 Å². The first-order valence-electron chi connectivity index (χ1n) is 10.6. The number of rotatable bonds is 5. The number of imidazole rings is 1. The van der Waals surface area contributed by atoms with Crippen molar-refractivity contribution >= 4 is 23.1 Å². The molecule has 0 unspecified atom stereocenters. The van der Waals surface area contributed by atoms with Crippen molar-refractivity contribution in [2.24, 2.45) is 0 Å². The van der Waals surface area contributed by atoms with Crippen molar-refractivity contribution in [2.75, 3.05) is 5.32 Å². The molecule has 1 amide bonds. The number of thiazole rings is 1. The molecule has 1 atom stereocenters. The molecule has 0 aliphatic carbocycles. The molecule has 4 rings (SSSR count). The summed E-state index contributed by atoms with van der Waals surface area (Å²) in [5.41, 5.74) is 2.54. The molecule has 9 nitrogen and oxygen atoms in total. The Bertz CT molecular complexity index is 1370. The number of carbonyl (C=O) groups excluding carboxylic acids is 1. The van der Waals surface area contributed by atoms with Crippen molar-refractivity contribution in [1.82, 2.24) is 34.3 Å². The van der Waals surface area contributed by atoms with Gasteiger partial charge in [0.25, 0.3) is 5.91 Å². The van der Waals surface area contributed by atoms with Gasteiger partial charge in [0.1, 0.15) is 23.9 Å². The molecule has 13 heteroatoms. The highest BCUT2D eigenvalue weighted by molar-refractivity contribution is 7.13. The van der Waals surface area contributed by atoms with E-state index in [2.05, 4.69) is 51.2 Å². The summed E-state index contributed by atoms with van der Waals surface area (Å²) in [5.74, 6) is -0.374. The van der Waals surface area contributed by atoms with E-state index in [1.54, 1.807) is 18.6 Å². The standard InChI is InChI=1S/C22H23F3N8OS/c1-12-7-26-14(6-15(12)32-8-16(27-10-32)21(3,4)5)19(34)29-17-9-35-20(30-17)18-31-28-11-33(18)13(2)22(23,24)25/h6-11,13H,1-5H3,(H,29,34)/t13-/m0/s1. The third-order valence-corrected chi connectivity index (χ3v) is 6.18. The minimum absolute atomic E-state index is 0.0363. The van der Waals surface area contributed by atoms with Gasteiger partial charge in [-0.25, -0.2) is 9.97 Å². The van der Waals surface area contributed by atoms with E-state index >= 15 is 0 Å². The van der Waals surface area contributed by atoms with Crippen LogP contribution >= 0.6 is 11.3 Å². The van der Waals surface area contributed by atoms with E-state index in [0.29, 0.717) is 0 Å². The van der Waals surface area contributed by atoms with E-state index in [1.165, 1.54) is 5.38 Å². The zero-order valence-corrected chi connectivity index (χ0v) is 20.4. The average molecular weight is 505 g/mol. The van der Waals surface area contributed by atoms with Gasteiger partial charge in [-0.15, -0.1) is 21.5 Å². The van der Waals surface area contributed by atoms with E-state index in [0.717, 1.165) is 46.1 Å². The minimum atomic E-state index is -4.47. The second-order valence-corrected chi connectivity index (χ2v) is 9.90. The number of halogens is 3. The molecule has 0 spiro atoms. The SMILES string of the molecule is Cc1cnc(C(=O)Nc2csc(-c3nncn3[C@@H](C)C(F)(F)F)n2)cc1-n1cnc(C(C)(C)C)c1. The quantitative estimate of drug-likeness (QED) is 0.412. The molecule has 4 aromatic rings.